The average Bonchev–Trinajstić information content (AvgIpc) is 3.63. The Bertz CT molecular complexity index is 1130. The first kappa shape index (κ1) is 22.4. The van der Waals surface area contributed by atoms with Crippen LogP contribution in [0, 0.1) is 12.8 Å². The second-order valence-electron chi connectivity index (χ2n) is 9.91. The van der Waals surface area contributed by atoms with E-state index in [0.717, 1.165) is 18.9 Å². The second-order valence-corrected chi connectivity index (χ2v) is 9.91. The van der Waals surface area contributed by atoms with Gasteiger partial charge in [0.05, 0.1) is 0 Å². The Hall–Kier alpha value is -3.42. The maximum absolute atomic E-state index is 13.1. The van der Waals surface area contributed by atoms with Crippen LogP contribution in [0.15, 0.2) is 36.5 Å². The fourth-order valence-corrected chi connectivity index (χ4v) is 5.15. The number of imide groups is 1. The van der Waals surface area contributed by atoms with Gasteiger partial charge in [-0.1, -0.05) is 32.0 Å². The number of anilines is 1. The quantitative estimate of drug-likeness (QED) is 0.668. The van der Waals surface area contributed by atoms with Gasteiger partial charge in [0.15, 0.2) is 0 Å². The molecular weight excluding hydrogens is 430 g/mol. The van der Waals surface area contributed by atoms with E-state index in [1.54, 1.807) is 24.3 Å². The number of hydrogen-bond donors (Lipinski definition) is 2. The summed E-state index contributed by atoms with van der Waals surface area (Å²) in [6, 6.07) is 8.79. The zero-order valence-corrected chi connectivity index (χ0v) is 19.9. The minimum absolute atomic E-state index is 0.0292. The molecule has 1 saturated carbocycles. The zero-order valence-electron chi connectivity index (χ0n) is 19.9. The number of nitrogens with one attached hydrogen (secondary N) is 2. The average molecular weight is 462 g/mol. The third kappa shape index (κ3) is 3.81. The van der Waals surface area contributed by atoms with Crippen LogP contribution in [0.3, 0.4) is 0 Å². The van der Waals surface area contributed by atoms with Crippen molar-refractivity contribution in [3.05, 3.63) is 58.8 Å². The number of rotatable bonds is 5. The molecule has 2 N–H and O–H groups in total. The van der Waals surface area contributed by atoms with E-state index in [-0.39, 0.29) is 17.7 Å². The first-order chi connectivity index (χ1) is 16.3. The number of urea groups is 1. The SMILES string of the molecule is Cc1cc(C2CC2)cnc1N1CCN(C(=O)c2ccc(C3(C(C)C)NC(=O)NC3=O)cc2)CC1. The fourth-order valence-electron chi connectivity index (χ4n) is 5.15. The van der Waals surface area contributed by atoms with Gasteiger partial charge in [0.1, 0.15) is 11.4 Å². The van der Waals surface area contributed by atoms with Crippen molar-refractivity contribution in [3.63, 3.8) is 0 Å². The van der Waals surface area contributed by atoms with Gasteiger partial charge in [0, 0.05) is 37.9 Å². The molecule has 2 aromatic rings. The minimum Gasteiger partial charge on any atom is -0.353 e. The summed E-state index contributed by atoms with van der Waals surface area (Å²) in [7, 11) is 0. The van der Waals surface area contributed by atoms with Crippen molar-refractivity contribution in [2.75, 3.05) is 31.1 Å². The molecule has 8 nitrogen and oxygen atoms in total. The Morgan fingerprint density at radius 2 is 1.76 bits per heavy atom. The molecule has 2 saturated heterocycles. The van der Waals surface area contributed by atoms with Gasteiger partial charge in [-0.05, 0) is 60.4 Å². The number of aromatic nitrogens is 1. The summed E-state index contributed by atoms with van der Waals surface area (Å²) in [5.74, 6) is 1.16. The van der Waals surface area contributed by atoms with Crippen LogP contribution in [-0.2, 0) is 10.3 Å². The van der Waals surface area contributed by atoms with E-state index in [1.165, 1.54) is 24.0 Å². The molecule has 1 atom stereocenters. The van der Waals surface area contributed by atoms with Gasteiger partial charge in [-0.25, -0.2) is 9.78 Å². The number of pyridine rings is 1. The van der Waals surface area contributed by atoms with E-state index >= 15 is 0 Å². The zero-order chi connectivity index (χ0) is 24.0. The highest BCUT2D eigenvalue weighted by molar-refractivity contribution is 6.07. The van der Waals surface area contributed by atoms with Gasteiger partial charge in [-0.3, -0.25) is 14.9 Å². The Balaban J connectivity index is 1.25. The molecule has 34 heavy (non-hydrogen) atoms. The lowest BCUT2D eigenvalue weighted by Crippen LogP contribution is -2.49. The van der Waals surface area contributed by atoms with E-state index in [2.05, 4.69) is 28.5 Å². The molecule has 3 aliphatic rings. The van der Waals surface area contributed by atoms with Crippen molar-refractivity contribution in [3.8, 4) is 0 Å². The van der Waals surface area contributed by atoms with Crippen LogP contribution in [0.1, 0.15) is 59.7 Å². The van der Waals surface area contributed by atoms with Crippen molar-refractivity contribution in [1.82, 2.24) is 20.5 Å². The number of carbonyl (C=O) groups excluding carboxylic acids is 3. The molecule has 3 fully saturated rings. The standard InChI is InChI=1S/C26H31N5O3/c1-16(2)26(24(33)28-25(34)29-26)21-8-6-19(7-9-21)23(32)31-12-10-30(11-13-31)22-17(3)14-20(15-27-22)18-4-5-18/h6-9,14-16,18H,4-5,10-13H2,1-3H3,(H2,28,29,33,34). The maximum atomic E-state index is 13.1. The summed E-state index contributed by atoms with van der Waals surface area (Å²) >= 11 is 0. The van der Waals surface area contributed by atoms with Crippen molar-refractivity contribution in [2.45, 2.75) is 45.1 Å². The summed E-state index contributed by atoms with van der Waals surface area (Å²) in [5, 5.41) is 5.11. The number of benzene rings is 1. The van der Waals surface area contributed by atoms with E-state index in [4.69, 9.17) is 4.98 Å². The molecule has 0 spiro atoms. The lowest BCUT2D eigenvalue weighted by molar-refractivity contribution is -0.125. The number of aryl methyl sites for hydroxylation is 1. The third-order valence-electron chi connectivity index (χ3n) is 7.34. The predicted molar refractivity (Wildman–Crippen MR) is 129 cm³/mol. The number of nitrogens with zero attached hydrogens (tertiary/aromatic N) is 3. The van der Waals surface area contributed by atoms with Crippen molar-refractivity contribution < 1.29 is 14.4 Å². The molecule has 1 aromatic carbocycles. The summed E-state index contributed by atoms with van der Waals surface area (Å²) in [4.78, 5) is 46.4. The normalized spacial score (nSPS) is 22.7. The summed E-state index contributed by atoms with van der Waals surface area (Å²) in [6.07, 6.45) is 4.54. The summed E-state index contributed by atoms with van der Waals surface area (Å²) in [6.45, 7) is 8.62. The van der Waals surface area contributed by atoms with Crippen molar-refractivity contribution >= 4 is 23.7 Å². The van der Waals surface area contributed by atoms with E-state index in [0.29, 0.717) is 30.1 Å². The van der Waals surface area contributed by atoms with Crippen LogP contribution in [0.25, 0.3) is 0 Å². The molecule has 178 valence electrons. The molecular formula is C26H31N5O3. The topological polar surface area (TPSA) is 94.6 Å². The van der Waals surface area contributed by atoms with Gasteiger partial charge < -0.3 is 15.1 Å². The van der Waals surface area contributed by atoms with Crippen molar-refractivity contribution in [1.29, 1.82) is 0 Å². The second kappa shape index (κ2) is 8.42. The van der Waals surface area contributed by atoms with Crippen LogP contribution in [0.2, 0.25) is 0 Å². The monoisotopic (exact) mass is 461 g/mol. The smallest absolute Gasteiger partial charge is 0.322 e. The summed E-state index contributed by atoms with van der Waals surface area (Å²) < 4.78 is 0. The largest absolute Gasteiger partial charge is 0.353 e. The molecule has 1 aliphatic carbocycles. The molecule has 5 rings (SSSR count). The van der Waals surface area contributed by atoms with Gasteiger partial charge in [-0.15, -0.1) is 0 Å². The molecule has 3 heterocycles. The highest BCUT2D eigenvalue weighted by atomic mass is 16.2. The number of piperazine rings is 1. The molecule has 1 unspecified atom stereocenters. The highest BCUT2D eigenvalue weighted by Gasteiger charge is 2.50. The first-order valence-corrected chi connectivity index (χ1v) is 12.0. The number of amides is 4. The molecule has 8 heteroatoms. The van der Waals surface area contributed by atoms with Gasteiger partial charge in [-0.2, -0.15) is 0 Å². The van der Waals surface area contributed by atoms with E-state index in [1.807, 2.05) is 24.9 Å². The van der Waals surface area contributed by atoms with Crippen LogP contribution < -0.4 is 15.5 Å². The molecule has 0 radical (unpaired) electrons. The maximum Gasteiger partial charge on any atom is 0.322 e. The molecule has 4 amide bonds. The van der Waals surface area contributed by atoms with Gasteiger partial charge >= 0.3 is 6.03 Å². The van der Waals surface area contributed by atoms with Crippen molar-refractivity contribution in [2.24, 2.45) is 5.92 Å². The molecule has 1 aromatic heterocycles. The van der Waals surface area contributed by atoms with Gasteiger partial charge in [0.2, 0.25) is 0 Å². The lowest BCUT2D eigenvalue weighted by Gasteiger charge is -2.36. The van der Waals surface area contributed by atoms with E-state index < -0.39 is 11.6 Å². The Morgan fingerprint density at radius 3 is 2.29 bits per heavy atom. The Kier molecular flexibility index (Phi) is 5.54. The molecule has 2 aliphatic heterocycles. The van der Waals surface area contributed by atoms with Gasteiger partial charge in [0.25, 0.3) is 11.8 Å². The van der Waals surface area contributed by atoms with Crippen LogP contribution in [0.5, 0.6) is 0 Å². The highest BCUT2D eigenvalue weighted by Crippen LogP contribution is 2.40. The Morgan fingerprint density at radius 1 is 1.09 bits per heavy atom. The van der Waals surface area contributed by atoms with E-state index in [9.17, 15) is 14.4 Å². The van der Waals surface area contributed by atoms with Crippen LogP contribution >= 0.6 is 0 Å². The Labute approximate surface area is 199 Å². The molecule has 0 bridgehead atoms. The predicted octanol–water partition coefficient (Wildman–Crippen LogP) is 2.92. The summed E-state index contributed by atoms with van der Waals surface area (Å²) in [5.41, 5.74) is 2.66. The number of hydrogen-bond acceptors (Lipinski definition) is 5. The van der Waals surface area contributed by atoms with Crippen LogP contribution in [0.4, 0.5) is 10.6 Å². The third-order valence-corrected chi connectivity index (χ3v) is 7.34. The lowest BCUT2D eigenvalue weighted by atomic mass is 9.79. The number of carbonyl (C=O) groups is 3. The first-order valence-electron chi connectivity index (χ1n) is 12.0. The fraction of sp³-hybridized carbons (Fsp3) is 0.462. The minimum atomic E-state index is -1.12. The van der Waals surface area contributed by atoms with Crippen LogP contribution in [-0.4, -0.2) is 53.9 Å².